The van der Waals surface area contributed by atoms with Gasteiger partial charge < -0.3 is 9.47 Å². The highest BCUT2D eigenvalue weighted by atomic mass is 79.9. The van der Waals surface area contributed by atoms with E-state index < -0.39 is 11.9 Å². The predicted octanol–water partition coefficient (Wildman–Crippen LogP) is 5.94. The maximum absolute atomic E-state index is 12.5. The molecule has 1 N–H and O–H groups in total. The number of benzene rings is 3. The van der Waals surface area contributed by atoms with Gasteiger partial charge in [0.15, 0.2) is 6.61 Å². The van der Waals surface area contributed by atoms with Crippen LogP contribution in [0.25, 0.3) is 0 Å². The summed E-state index contributed by atoms with van der Waals surface area (Å²) in [6.07, 6.45) is 1.42. The molecule has 34 heavy (non-hydrogen) atoms. The van der Waals surface area contributed by atoms with E-state index in [0.29, 0.717) is 22.6 Å². The van der Waals surface area contributed by atoms with Crippen LogP contribution in [0, 0.1) is 13.8 Å². The van der Waals surface area contributed by atoms with Crippen molar-refractivity contribution in [3.63, 3.8) is 0 Å². The number of nitrogens with one attached hydrogen (secondary N) is 1. The highest BCUT2D eigenvalue weighted by molar-refractivity contribution is 9.10. The van der Waals surface area contributed by atoms with Gasteiger partial charge in [-0.3, -0.25) is 4.79 Å². The monoisotopic (exact) mass is 522 g/mol. The molecule has 0 heterocycles. The standard InChI is InChI=1S/C27H27BrN2O4/c1-17(2)23-11-7-19(4)13-25(23)33-16-26(31)30-29-15-21-14-22(28)10-12-24(21)34-27(32)20-8-5-18(3)6-9-20/h5-15,17H,16H2,1-4H3,(H,30,31). The molecule has 3 aromatic carbocycles. The van der Waals surface area contributed by atoms with Gasteiger partial charge in [0.1, 0.15) is 11.5 Å². The number of hydrogen-bond donors (Lipinski definition) is 1. The normalized spacial score (nSPS) is 11.0. The first-order valence-electron chi connectivity index (χ1n) is 10.9. The lowest BCUT2D eigenvalue weighted by molar-refractivity contribution is -0.123. The van der Waals surface area contributed by atoms with Crippen molar-refractivity contribution in [3.05, 3.63) is 93.0 Å². The van der Waals surface area contributed by atoms with Crippen LogP contribution in [0.4, 0.5) is 0 Å². The second-order valence-electron chi connectivity index (χ2n) is 8.22. The Labute approximate surface area is 208 Å². The van der Waals surface area contributed by atoms with Crippen molar-refractivity contribution in [2.75, 3.05) is 6.61 Å². The van der Waals surface area contributed by atoms with Crippen molar-refractivity contribution in [2.24, 2.45) is 5.10 Å². The van der Waals surface area contributed by atoms with E-state index in [4.69, 9.17) is 9.47 Å². The molecule has 0 aliphatic rings. The third kappa shape index (κ3) is 7.02. The molecule has 0 aliphatic heterocycles. The Morgan fingerprint density at radius 2 is 1.68 bits per heavy atom. The third-order valence-electron chi connectivity index (χ3n) is 5.00. The van der Waals surface area contributed by atoms with E-state index in [-0.39, 0.29) is 12.5 Å². The summed E-state index contributed by atoms with van der Waals surface area (Å²) in [5, 5.41) is 4.01. The summed E-state index contributed by atoms with van der Waals surface area (Å²) in [4.78, 5) is 24.8. The number of esters is 1. The lowest BCUT2D eigenvalue weighted by Gasteiger charge is -2.14. The summed E-state index contributed by atoms with van der Waals surface area (Å²) in [6, 6.07) is 18.2. The minimum atomic E-state index is -0.478. The molecule has 7 heteroatoms. The lowest BCUT2D eigenvalue weighted by atomic mass is 10.0. The number of aryl methyl sites for hydroxylation is 2. The lowest BCUT2D eigenvalue weighted by Crippen LogP contribution is -2.25. The summed E-state index contributed by atoms with van der Waals surface area (Å²) in [6.45, 7) is 7.89. The smallest absolute Gasteiger partial charge is 0.343 e. The number of ether oxygens (including phenoxy) is 2. The topological polar surface area (TPSA) is 77.0 Å². The molecule has 1 amide bonds. The maximum Gasteiger partial charge on any atom is 0.343 e. The number of rotatable bonds is 8. The van der Waals surface area contributed by atoms with Gasteiger partial charge in [0.2, 0.25) is 0 Å². The summed E-state index contributed by atoms with van der Waals surface area (Å²) in [5.41, 5.74) is 6.57. The van der Waals surface area contributed by atoms with Crippen LogP contribution in [-0.4, -0.2) is 24.7 Å². The molecule has 0 saturated heterocycles. The fraction of sp³-hybridized carbons (Fsp3) is 0.222. The Kier molecular flexibility index (Phi) is 8.60. The Morgan fingerprint density at radius 3 is 2.38 bits per heavy atom. The van der Waals surface area contributed by atoms with Crippen LogP contribution >= 0.6 is 15.9 Å². The number of amides is 1. The molecule has 0 atom stereocenters. The highest BCUT2D eigenvalue weighted by Crippen LogP contribution is 2.27. The van der Waals surface area contributed by atoms with E-state index in [1.165, 1.54) is 6.21 Å². The van der Waals surface area contributed by atoms with E-state index in [2.05, 4.69) is 40.3 Å². The summed E-state index contributed by atoms with van der Waals surface area (Å²) in [7, 11) is 0. The molecule has 0 saturated carbocycles. The van der Waals surface area contributed by atoms with Crippen LogP contribution in [0.1, 0.15) is 52.4 Å². The quantitative estimate of drug-likeness (QED) is 0.172. The average molecular weight is 523 g/mol. The number of hydrazone groups is 1. The molecule has 0 bridgehead atoms. The van der Waals surface area contributed by atoms with Gasteiger partial charge in [-0.1, -0.05) is 59.6 Å². The highest BCUT2D eigenvalue weighted by Gasteiger charge is 2.12. The average Bonchev–Trinajstić information content (AvgIpc) is 2.79. The first-order chi connectivity index (χ1) is 16.2. The molecule has 0 radical (unpaired) electrons. The van der Waals surface area contributed by atoms with Crippen molar-refractivity contribution in [2.45, 2.75) is 33.6 Å². The van der Waals surface area contributed by atoms with Gasteiger partial charge in [-0.25, -0.2) is 10.2 Å². The number of halogens is 1. The summed E-state index contributed by atoms with van der Waals surface area (Å²) >= 11 is 3.40. The van der Waals surface area contributed by atoms with E-state index >= 15 is 0 Å². The van der Waals surface area contributed by atoms with Gasteiger partial charge in [0.05, 0.1) is 11.8 Å². The molecular weight excluding hydrogens is 496 g/mol. The maximum atomic E-state index is 12.5. The molecule has 6 nitrogen and oxygen atoms in total. The number of hydrogen-bond acceptors (Lipinski definition) is 5. The minimum absolute atomic E-state index is 0.172. The van der Waals surface area contributed by atoms with Gasteiger partial charge >= 0.3 is 5.97 Å². The van der Waals surface area contributed by atoms with Crippen molar-refractivity contribution < 1.29 is 19.1 Å². The van der Waals surface area contributed by atoms with Crippen LogP contribution in [-0.2, 0) is 4.79 Å². The van der Waals surface area contributed by atoms with E-state index in [9.17, 15) is 9.59 Å². The SMILES string of the molecule is Cc1ccc(C(=O)Oc2ccc(Br)cc2C=NNC(=O)COc2cc(C)ccc2C(C)C)cc1. The molecule has 0 aliphatic carbocycles. The molecule has 3 aromatic rings. The van der Waals surface area contributed by atoms with Crippen LogP contribution in [0.15, 0.2) is 70.2 Å². The number of carbonyl (C=O) groups is 2. The van der Waals surface area contributed by atoms with Crippen molar-refractivity contribution in [1.82, 2.24) is 5.43 Å². The van der Waals surface area contributed by atoms with Gasteiger partial charge in [-0.05, 0) is 67.3 Å². The second kappa shape index (κ2) is 11.6. The Hall–Kier alpha value is -3.45. The van der Waals surface area contributed by atoms with Gasteiger partial charge in [0.25, 0.3) is 5.91 Å². The second-order valence-corrected chi connectivity index (χ2v) is 9.13. The zero-order chi connectivity index (χ0) is 24.7. The Bertz CT molecular complexity index is 1200. The Balaban J connectivity index is 1.64. The number of carbonyl (C=O) groups excluding carboxylic acids is 2. The van der Waals surface area contributed by atoms with Gasteiger partial charge in [-0.15, -0.1) is 0 Å². The fourth-order valence-corrected chi connectivity index (χ4v) is 3.53. The van der Waals surface area contributed by atoms with Gasteiger partial charge in [0, 0.05) is 10.0 Å². The first kappa shape index (κ1) is 25.2. The largest absolute Gasteiger partial charge is 0.483 e. The van der Waals surface area contributed by atoms with E-state index in [0.717, 1.165) is 21.2 Å². The first-order valence-corrected chi connectivity index (χ1v) is 11.7. The van der Waals surface area contributed by atoms with Crippen LogP contribution in [0.5, 0.6) is 11.5 Å². The Morgan fingerprint density at radius 1 is 0.971 bits per heavy atom. The zero-order valence-electron chi connectivity index (χ0n) is 19.6. The molecule has 0 aromatic heterocycles. The number of nitrogens with zero attached hydrogens (tertiary/aromatic N) is 1. The molecule has 3 rings (SSSR count). The fourth-order valence-electron chi connectivity index (χ4n) is 3.15. The molecule has 0 fully saturated rings. The van der Waals surface area contributed by atoms with Crippen molar-refractivity contribution in [1.29, 1.82) is 0 Å². The van der Waals surface area contributed by atoms with Crippen LogP contribution in [0.3, 0.4) is 0 Å². The van der Waals surface area contributed by atoms with Crippen LogP contribution < -0.4 is 14.9 Å². The minimum Gasteiger partial charge on any atom is -0.483 e. The summed E-state index contributed by atoms with van der Waals surface area (Å²) < 4.78 is 12.1. The molecular formula is C27H27BrN2O4. The molecule has 0 unspecified atom stereocenters. The molecule has 0 spiro atoms. The zero-order valence-corrected chi connectivity index (χ0v) is 21.2. The van der Waals surface area contributed by atoms with Gasteiger partial charge in [-0.2, -0.15) is 5.10 Å². The van der Waals surface area contributed by atoms with Crippen molar-refractivity contribution >= 4 is 34.0 Å². The van der Waals surface area contributed by atoms with Crippen LogP contribution in [0.2, 0.25) is 0 Å². The molecule has 176 valence electrons. The van der Waals surface area contributed by atoms with E-state index in [1.807, 2.05) is 44.2 Å². The third-order valence-corrected chi connectivity index (χ3v) is 5.50. The predicted molar refractivity (Wildman–Crippen MR) is 137 cm³/mol. The van der Waals surface area contributed by atoms with Crippen molar-refractivity contribution in [3.8, 4) is 11.5 Å². The summed E-state index contributed by atoms with van der Waals surface area (Å²) in [5.74, 6) is 0.402. The van der Waals surface area contributed by atoms with E-state index in [1.54, 1.807) is 30.3 Å².